The van der Waals surface area contributed by atoms with Crippen molar-refractivity contribution in [1.29, 1.82) is 0 Å². The second-order valence-electron chi connectivity index (χ2n) is 9.20. The summed E-state index contributed by atoms with van der Waals surface area (Å²) in [5.41, 5.74) is 4.10. The van der Waals surface area contributed by atoms with Crippen LogP contribution in [0.4, 0.5) is 0 Å². The van der Waals surface area contributed by atoms with Gasteiger partial charge in [-0.05, 0) is 49.1 Å². The Morgan fingerprint density at radius 2 is 1.94 bits per heavy atom. The number of sulfonamides is 1. The van der Waals surface area contributed by atoms with E-state index in [4.69, 9.17) is 9.72 Å². The van der Waals surface area contributed by atoms with E-state index < -0.39 is 10.0 Å². The lowest BCUT2D eigenvalue weighted by Crippen LogP contribution is -2.40. The van der Waals surface area contributed by atoms with Crippen molar-refractivity contribution in [2.24, 2.45) is 0 Å². The molecule has 1 fully saturated rings. The third-order valence-electron chi connectivity index (χ3n) is 7.25. The highest BCUT2D eigenvalue weighted by molar-refractivity contribution is 7.89. The first-order chi connectivity index (χ1) is 16.9. The Balaban J connectivity index is 1.33. The van der Waals surface area contributed by atoms with Crippen LogP contribution in [-0.2, 0) is 38.9 Å². The van der Waals surface area contributed by atoms with Crippen molar-refractivity contribution >= 4 is 27.0 Å². The predicted octanol–water partition coefficient (Wildman–Crippen LogP) is 3.16. The molecule has 5 rings (SSSR count). The number of nitrogens with zero attached hydrogens (tertiary/aromatic N) is 4. The molecule has 0 radical (unpaired) electrons. The largest absolute Gasteiger partial charge is 0.379 e. The van der Waals surface area contributed by atoms with Crippen LogP contribution < -0.4 is 0 Å². The Morgan fingerprint density at radius 1 is 1.17 bits per heavy atom. The summed E-state index contributed by atoms with van der Waals surface area (Å²) in [7, 11) is -1.70. The quantitative estimate of drug-likeness (QED) is 0.502. The van der Waals surface area contributed by atoms with Crippen molar-refractivity contribution in [3.8, 4) is 0 Å². The van der Waals surface area contributed by atoms with Gasteiger partial charge in [0.1, 0.15) is 5.82 Å². The summed E-state index contributed by atoms with van der Waals surface area (Å²) in [4.78, 5) is 20.0. The normalized spacial score (nSPS) is 18.6. The van der Waals surface area contributed by atoms with Gasteiger partial charge in [-0.1, -0.05) is 24.3 Å². The van der Waals surface area contributed by atoms with Crippen LogP contribution in [0.15, 0.2) is 47.4 Å². The van der Waals surface area contributed by atoms with Crippen molar-refractivity contribution < 1.29 is 17.9 Å². The number of hydrogen-bond donors (Lipinski definition) is 0. The fourth-order valence-corrected chi connectivity index (χ4v) is 6.73. The lowest BCUT2D eigenvalue weighted by molar-refractivity contribution is -0.132. The van der Waals surface area contributed by atoms with Crippen molar-refractivity contribution in [1.82, 2.24) is 18.8 Å². The first-order valence-corrected chi connectivity index (χ1v) is 13.7. The zero-order valence-electron chi connectivity index (χ0n) is 20.3. The fourth-order valence-electron chi connectivity index (χ4n) is 5.31. The van der Waals surface area contributed by atoms with E-state index in [1.54, 1.807) is 12.1 Å². The fraction of sp³-hybridized carbons (Fsp3) is 0.462. The highest BCUT2D eigenvalue weighted by Crippen LogP contribution is 2.35. The van der Waals surface area contributed by atoms with Gasteiger partial charge in [0.15, 0.2) is 0 Å². The Kier molecular flexibility index (Phi) is 6.65. The number of aryl methyl sites for hydroxylation is 3. The first-order valence-electron chi connectivity index (χ1n) is 12.3. The number of imidazole rings is 1. The molecule has 1 saturated heterocycles. The molecule has 1 aliphatic heterocycles. The van der Waals surface area contributed by atoms with Crippen LogP contribution in [0.5, 0.6) is 0 Å². The minimum Gasteiger partial charge on any atom is -0.379 e. The molecule has 2 heterocycles. The van der Waals surface area contributed by atoms with Gasteiger partial charge in [0.2, 0.25) is 15.9 Å². The maximum atomic E-state index is 13.1. The van der Waals surface area contributed by atoms with Gasteiger partial charge in [0, 0.05) is 39.5 Å². The smallest absolute Gasteiger partial charge is 0.243 e. The van der Waals surface area contributed by atoms with Crippen LogP contribution in [0.2, 0.25) is 0 Å². The van der Waals surface area contributed by atoms with E-state index in [9.17, 15) is 13.2 Å². The number of aromatic nitrogens is 2. The minimum atomic E-state index is -3.59. The van der Waals surface area contributed by atoms with Gasteiger partial charge >= 0.3 is 0 Å². The monoisotopic (exact) mass is 496 g/mol. The molecule has 0 spiro atoms. The molecule has 8 nitrogen and oxygen atoms in total. The highest BCUT2D eigenvalue weighted by atomic mass is 32.2. The Labute approximate surface area is 206 Å². The molecule has 2 aliphatic rings. The number of carbonyl (C=O) groups excluding carboxylic acids is 1. The SMILES string of the molecule is CCn1c(CCC(=O)N(C)[C@@H]2CCc3ccccc32)nc2cc(S(=O)(=O)N3CCOCC3)ccc21. The van der Waals surface area contributed by atoms with Crippen LogP contribution >= 0.6 is 0 Å². The van der Waals surface area contributed by atoms with Gasteiger partial charge < -0.3 is 14.2 Å². The number of amides is 1. The zero-order chi connectivity index (χ0) is 24.6. The van der Waals surface area contributed by atoms with E-state index in [-0.39, 0.29) is 16.8 Å². The number of morpholine rings is 1. The maximum absolute atomic E-state index is 13.1. The van der Waals surface area contributed by atoms with E-state index in [1.807, 2.05) is 31.0 Å². The summed E-state index contributed by atoms with van der Waals surface area (Å²) in [5, 5.41) is 0. The molecule has 186 valence electrons. The van der Waals surface area contributed by atoms with Crippen LogP contribution in [0, 0.1) is 0 Å². The van der Waals surface area contributed by atoms with Crippen molar-refractivity contribution in [3.63, 3.8) is 0 Å². The molecular formula is C26H32N4O4S. The van der Waals surface area contributed by atoms with Crippen molar-refractivity contribution in [2.45, 2.75) is 50.1 Å². The van der Waals surface area contributed by atoms with E-state index in [1.165, 1.54) is 15.4 Å². The molecule has 1 aromatic heterocycles. The van der Waals surface area contributed by atoms with Gasteiger partial charge in [-0.25, -0.2) is 13.4 Å². The number of rotatable bonds is 7. The topological polar surface area (TPSA) is 84.7 Å². The Morgan fingerprint density at radius 3 is 2.71 bits per heavy atom. The molecule has 35 heavy (non-hydrogen) atoms. The molecule has 0 bridgehead atoms. The molecule has 1 aliphatic carbocycles. The highest BCUT2D eigenvalue weighted by Gasteiger charge is 2.29. The maximum Gasteiger partial charge on any atom is 0.243 e. The summed E-state index contributed by atoms with van der Waals surface area (Å²) in [5.74, 6) is 0.897. The van der Waals surface area contributed by atoms with Crippen LogP contribution in [0.3, 0.4) is 0 Å². The number of benzene rings is 2. The van der Waals surface area contributed by atoms with Gasteiger partial charge in [-0.2, -0.15) is 4.31 Å². The number of ether oxygens (including phenoxy) is 1. The van der Waals surface area contributed by atoms with E-state index in [0.717, 1.165) is 24.2 Å². The third kappa shape index (κ3) is 4.48. The van der Waals surface area contributed by atoms with E-state index >= 15 is 0 Å². The van der Waals surface area contributed by atoms with Gasteiger partial charge in [0.25, 0.3) is 0 Å². The predicted molar refractivity (Wildman–Crippen MR) is 134 cm³/mol. The van der Waals surface area contributed by atoms with Crippen LogP contribution in [0.1, 0.15) is 42.8 Å². The second-order valence-corrected chi connectivity index (χ2v) is 11.1. The van der Waals surface area contributed by atoms with Crippen molar-refractivity contribution in [2.75, 3.05) is 33.4 Å². The Hall–Kier alpha value is -2.75. The minimum absolute atomic E-state index is 0.0944. The molecule has 0 saturated carbocycles. The number of carbonyl (C=O) groups is 1. The summed E-state index contributed by atoms with van der Waals surface area (Å²) >= 11 is 0. The molecule has 0 unspecified atom stereocenters. The molecular weight excluding hydrogens is 464 g/mol. The van der Waals surface area contributed by atoms with Crippen LogP contribution in [0.25, 0.3) is 11.0 Å². The lowest BCUT2D eigenvalue weighted by atomic mass is 10.1. The molecule has 3 aromatic rings. The van der Waals surface area contributed by atoms with Gasteiger partial charge in [0.05, 0.1) is 35.2 Å². The van der Waals surface area contributed by atoms with Gasteiger partial charge in [-0.15, -0.1) is 0 Å². The second kappa shape index (κ2) is 9.72. The average Bonchev–Trinajstić information content (AvgIpc) is 3.47. The summed E-state index contributed by atoms with van der Waals surface area (Å²) in [6, 6.07) is 13.6. The van der Waals surface area contributed by atoms with E-state index in [0.29, 0.717) is 51.2 Å². The molecule has 0 N–H and O–H groups in total. The zero-order valence-corrected chi connectivity index (χ0v) is 21.1. The summed E-state index contributed by atoms with van der Waals surface area (Å²) < 4.78 is 35.0. The lowest BCUT2D eigenvalue weighted by Gasteiger charge is -2.26. The Bertz CT molecular complexity index is 1340. The van der Waals surface area contributed by atoms with Crippen molar-refractivity contribution in [3.05, 3.63) is 59.4 Å². The first kappa shape index (κ1) is 24.0. The van der Waals surface area contributed by atoms with Gasteiger partial charge in [-0.3, -0.25) is 4.79 Å². The van der Waals surface area contributed by atoms with E-state index in [2.05, 4.69) is 22.8 Å². The summed E-state index contributed by atoms with van der Waals surface area (Å²) in [6.45, 7) is 4.26. The number of hydrogen-bond acceptors (Lipinski definition) is 5. The molecule has 2 aromatic carbocycles. The summed E-state index contributed by atoms with van der Waals surface area (Å²) in [6.07, 6.45) is 2.82. The number of fused-ring (bicyclic) bond motifs is 2. The third-order valence-corrected chi connectivity index (χ3v) is 9.14. The molecule has 9 heteroatoms. The average molecular weight is 497 g/mol. The molecule has 1 atom stereocenters. The molecule has 1 amide bonds. The van der Waals surface area contributed by atoms with Crippen LogP contribution in [-0.4, -0.2) is 66.4 Å². The standard InChI is InChI=1S/C26H32N4O4S/c1-3-30-24-11-9-20(35(32,33)29-14-16-34-17-15-29)18-22(24)27-25(30)12-13-26(31)28(2)23-10-8-19-6-4-5-7-21(19)23/h4-7,9,11,18,23H,3,8,10,12-17H2,1-2H3/t23-/m1/s1.